The lowest BCUT2D eigenvalue weighted by Gasteiger charge is -2.30. The summed E-state index contributed by atoms with van der Waals surface area (Å²) in [5, 5.41) is 5.05. The highest BCUT2D eigenvalue weighted by atomic mass is 16.3. The van der Waals surface area contributed by atoms with Gasteiger partial charge in [-0.15, -0.1) is 0 Å². The van der Waals surface area contributed by atoms with Crippen LogP contribution in [0.5, 0.6) is 0 Å². The predicted molar refractivity (Wildman–Crippen MR) is 176 cm³/mol. The zero-order valence-electron chi connectivity index (χ0n) is 23.5. The molecule has 2 aliphatic rings. The van der Waals surface area contributed by atoms with E-state index >= 15 is 0 Å². The first kappa shape index (κ1) is 24.7. The summed E-state index contributed by atoms with van der Waals surface area (Å²) in [6, 6.07) is 43.1. The van der Waals surface area contributed by atoms with E-state index in [0.29, 0.717) is 0 Å². The van der Waals surface area contributed by atoms with E-state index in [1.54, 1.807) is 0 Å². The molecule has 0 amide bonds. The Morgan fingerprint density at radius 1 is 0.619 bits per heavy atom. The lowest BCUT2D eigenvalue weighted by molar-refractivity contribution is 0.572. The fraction of sp³-hybridized carbons (Fsp3) is 0.100. The van der Waals surface area contributed by atoms with E-state index in [1.165, 1.54) is 55.2 Å². The largest absolute Gasteiger partial charge is 0.456 e. The van der Waals surface area contributed by atoms with Gasteiger partial charge < -0.3 is 9.32 Å². The van der Waals surface area contributed by atoms with Gasteiger partial charge in [0.25, 0.3) is 0 Å². The van der Waals surface area contributed by atoms with Gasteiger partial charge in [-0.1, -0.05) is 97.1 Å². The highest BCUT2D eigenvalue weighted by Crippen LogP contribution is 2.38. The van der Waals surface area contributed by atoms with Crippen molar-refractivity contribution in [2.24, 2.45) is 0 Å². The third-order valence-electron chi connectivity index (χ3n) is 8.65. The van der Waals surface area contributed by atoms with E-state index in [9.17, 15) is 0 Å². The van der Waals surface area contributed by atoms with Gasteiger partial charge >= 0.3 is 0 Å². The van der Waals surface area contributed by atoms with Crippen LogP contribution in [0, 0.1) is 0 Å². The van der Waals surface area contributed by atoms with Crippen molar-refractivity contribution in [2.75, 3.05) is 4.90 Å². The molecule has 0 aliphatic heterocycles. The molecule has 5 aromatic carbocycles. The topological polar surface area (TPSA) is 16.4 Å². The number of hydrogen-bond donors (Lipinski definition) is 0. The molecule has 0 radical (unpaired) electrons. The molecule has 0 atom stereocenters. The highest BCUT2D eigenvalue weighted by Gasteiger charge is 2.23. The van der Waals surface area contributed by atoms with E-state index in [0.717, 1.165) is 42.2 Å². The van der Waals surface area contributed by atoms with Gasteiger partial charge in [0.05, 0.1) is 0 Å². The summed E-state index contributed by atoms with van der Waals surface area (Å²) in [5.74, 6) is 0. The van der Waals surface area contributed by atoms with E-state index in [1.807, 2.05) is 0 Å². The lowest BCUT2D eigenvalue weighted by atomic mass is 9.87. The first-order valence-corrected chi connectivity index (χ1v) is 14.9. The molecule has 0 N–H and O–H groups in total. The maximum absolute atomic E-state index is 6.75. The van der Waals surface area contributed by atoms with Gasteiger partial charge in [0.15, 0.2) is 0 Å². The predicted octanol–water partition coefficient (Wildman–Crippen LogP) is 9.42. The average Bonchev–Trinajstić information content (AvgIpc) is 3.47. The number of nitrogens with zero attached hydrogens (tertiary/aromatic N) is 1. The fourth-order valence-electron chi connectivity index (χ4n) is 6.74. The number of furan rings is 1. The molecule has 0 spiro atoms. The summed E-state index contributed by atoms with van der Waals surface area (Å²) in [7, 11) is 0. The first-order valence-electron chi connectivity index (χ1n) is 14.9. The van der Waals surface area contributed by atoms with Gasteiger partial charge in [-0.3, -0.25) is 0 Å². The number of allylic oxidation sites excluding steroid dienone is 4. The Morgan fingerprint density at radius 3 is 1.98 bits per heavy atom. The zero-order chi connectivity index (χ0) is 27.9. The van der Waals surface area contributed by atoms with Crippen LogP contribution in [0.4, 0.5) is 11.4 Å². The summed E-state index contributed by atoms with van der Waals surface area (Å²) < 4.78 is 6.75. The van der Waals surface area contributed by atoms with Crippen molar-refractivity contribution in [3.63, 3.8) is 0 Å². The molecule has 202 valence electrons. The number of hydrogen-bond acceptors (Lipinski definition) is 2. The lowest BCUT2D eigenvalue weighted by Crippen LogP contribution is -2.27. The molecule has 8 rings (SSSR count). The maximum atomic E-state index is 6.75. The quantitative estimate of drug-likeness (QED) is 0.216. The van der Waals surface area contributed by atoms with Crippen molar-refractivity contribution < 1.29 is 4.42 Å². The second-order valence-electron chi connectivity index (χ2n) is 11.1. The minimum atomic E-state index is 0.976. The van der Waals surface area contributed by atoms with Crippen LogP contribution in [0.15, 0.2) is 149 Å². The SMILES string of the molecule is C1=C(C2=c3c(oc4c(-c5ccccc5)cc5ccccc5c34)=CCC2)CCC(N(c2ccccc2)c2ccccc2)=C1. The molecule has 42 heavy (non-hydrogen) atoms. The summed E-state index contributed by atoms with van der Waals surface area (Å²) >= 11 is 0. The van der Waals surface area contributed by atoms with Gasteiger partial charge in [-0.2, -0.15) is 0 Å². The number of benzene rings is 5. The van der Waals surface area contributed by atoms with Crippen molar-refractivity contribution in [3.8, 4) is 11.1 Å². The van der Waals surface area contributed by atoms with Crippen LogP contribution in [-0.4, -0.2) is 0 Å². The van der Waals surface area contributed by atoms with Crippen LogP contribution in [-0.2, 0) is 0 Å². The molecule has 2 aliphatic carbocycles. The Balaban J connectivity index is 1.33. The Labute approximate surface area is 245 Å². The molecule has 6 aromatic rings. The van der Waals surface area contributed by atoms with Crippen LogP contribution >= 0.6 is 0 Å². The molecule has 1 aromatic heterocycles. The van der Waals surface area contributed by atoms with E-state index < -0.39 is 0 Å². The van der Waals surface area contributed by atoms with Crippen LogP contribution < -0.4 is 15.5 Å². The van der Waals surface area contributed by atoms with Crippen LogP contribution in [0.25, 0.3) is 44.5 Å². The number of fused-ring (bicyclic) bond motifs is 5. The van der Waals surface area contributed by atoms with Crippen LogP contribution in [0.2, 0.25) is 0 Å². The van der Waals surface area contributed by atoms with Crippen molar-refractivity contribution in [3.05, 3.63) is 155 Å². The van der Waals surface area contributed by atoms with Crippen LogP contribution in [0.3, 0.4) is 0 Å². The van der Waals surface area contributed by atoms with Gasteiger partial charge in [-0.25, -0.2) is 0 Å². The Morgan fingerprint density at radius 2 is 1.29 bits per heavy atom. The van der Waals surface area contributed by atoms with Crippen LogP contribution in [0.1, 0.15) is 25.7 Å². The fourth-order valence-corrected chi connectivity index (χ4v) is 6.74. The maximum Gasteiger partial charge on any atom is 0.143 e. The molecular formula is C40H31NO. The smallest absolute Gasteiger partial charge is 0.143 e. The normalized spacial score (nSPS) is 14.7. The standard InChI is InChI=1S/C40H31NO/c1-4-13-28(14-5-1)36-27-30-15-10-11-20-35(30)39-38-34(21-12-22-37(38)42-40(36)39)29-23-25-33(26-24-29)41(31-16-6-2-7-17-31)32-18-8-3-9-19-32/h1-11,13-20,22-23,25,27H,12,21,24,26H2. The Bertz CT molecular complexity index is 2080. The molecule has 0 unspecified atom stereocenters. The second kappa shape index (κ2) is 10.4. The number of anilines is 2. The first-order chi connectivity index (χ1) is 20.8. The molecule has 0 saturated heterocycles. The molecule has 0 bridgehead atoms. The molecule has 0 saturated carbocycles. The van der Waals surface area contributed by atoms with Crippen molar-refractivity contribution in [1.29, 1.82) is 0 Å². The molecular weight excluding hydrogens is 510 g/mol. The van der Waals surface area contributed by atoms with Gasteiger partial charge in [-0.05, 0) is 95.6 Å². The Kier molecular flexibility index (Phi) is 6.11. The Hall–Kier alpha value is -5.08. The average molecular weight is 542 g/mol. The third-order valence-corrected chi connectivity index (χ3v) is 8.65. The third kappa shape index (κ3) is 4.19. The molecule has 2 nitrogen and oxygen atoms in total. The van der Waals surface area contributed by atoms with Crippen molar-refractivity contribution >= 4 is 44.8 Å². The summed E-state index contributed by atoms with van der Waals surface area (Å²) in [6.45, 7) is 0. The summed E-state index contributed by atoms with van der Waals surface area (Å²) in [5.41, 5.74) is 10.9. The van der Waals surface area contributed by atoms with Crippen molar-refractivity contribution in [2.45, 2.75) is 25.7 Å². The summed E-state index contributed by atoms with van der Waals surface area (Å²) in [4.78, 5) is 2.39. The van der Waals surface area contributed by atoms with E-state index in [2.05, 4.69) is 144 Å². The van der Waals surface area contributed by atoms with E-state index in [-0.39, 0.29) is 0 Å². The number of rotatable bonds is 5. The zero-order valence-corrected chi connectivity index (χ0v) is 23.5. The second-order valence-corrected chi connectivity index (χ2v) is 11.1. The monoisotopic (exact) mass is 541 g/mol. The van der Waals surface area contributed by atoms with Gasteiger partial charge in [0.1, 0.15) is 11.0 Å². The molecule has 1 heterocycles. The summed E-state index contributed by atoms with van der Waals surface area (Å²) in [6.07, 6.45) is 11.0. The minimum Gasteiger partial charge on any atom is -0.456 e. The van der Waals surface area contributed by atoms with Crippen molar-refractivity contribution in [1.82, 2.24) is 0 Å². The molecule has 2 heteroatoms. The number of para-hydroxylation sites is 2. The van der Waals surface area contributed by atoms with Gasteiger partial charge in [0.2, 0.25) is 0 Å². The molecule has 0 fully saturated rings. The van der Waals surface area contributed by atoms with E-state index in [4.69, 9.17) is 4.42 Å². The van der Waals surface area contributed by atoms with Gasteiger partial charge in [0, 0.05) is 33.2 Å². The highest BCUT2D eigenvalue weighted by molar-refractivity contribution is 6.12. The minimum absolute atomic E-state index is 0.976.